The van der Waals surface area contributed by atoms with Gasteiger partial charge in [-0.2, -0.15) is 0 Å². The molecule has 4 aromatic rings. The maximum absolute atomic E-state index is 13.7. The molecule has 198 valence electrons. The Bertz CT molecular complexity index is 1580. The molecule has 0 atom stereocenters. The first-order chi connectivity index (χ1) is 19.3. The second-order valence-corrected chi connectivity index (χ2v) is 10.3. The normalized spacial score (nSPS) is 13.4. The SMILES string of the molecule is O=C(O)c1ccc(COc2ccc(C=C3C(=O)N(c4ccccc4)C(=S)N(c4ccccc4)C3=O)cc2I)cc1. The van der Waals surface area contributed by atoms with E-state index in [0.29, 0.717) is 22.7 Å². The van der Waals surface area contributed by atoms with Crippen molar-refractivity contribution >= 4 is 75.2 Å². The number of hydrogen-bond donors (Lipinski definition) is 1. The number of carboxylic acids is 1. The van der Waals surface area contributed by atoms with E-state index in [2.05, 4.69) is 22.6 Å². The lowest BCUT2D eigenvalue weighted by molar-refractivity contribution is -0.120. The van der Waals surface area contributed by atoms with Crippen LogP contribution in [0.15, 0.2) is 109 Å². The number of ether oxygens (including phenoxy) is 1. The Balaban J connectivity index is 1.44. The number of thiocarbonyl (C=S) groups is 1. The van der Waals surface area contributed by atoms with Gasteiger partial charge < -0.3 is 9.84 Å². The standard InChI is InChI=1S/C31H21IN2O5S/c32-26-18-21(13-16-27(26)39-19-20-11-14-22(15-12-20)30(37)38)17-25-28(35)33(23-7-3-1-4-8-23)31(40)34(29(25)36)24-9-5-2-6-10-24/h1-18H,19H2,(H,37,38). The smallest absolute Gasteiger partial charge is 0.335 e. The highest BCUT2D eigenvalue weighted by Crippen LogP contribution is 2.31. The predicted octanol–water partition coefficient (Wildman–Crippen LogP) is 6.32. The Hall–Kier alpha value is -4.35. The molecule has 0 bridgehead atoms. The lowest BCUT2D eigenvalue weighted by Crippen LogP contribution is -2.56. The molecule has 1 fully saturated rings. The lowest BCUT2D eigenvalue weighted by atomic mass is 10.0. The van der Waals surface area contributed by atoms with Crippen LogP contribution in [0, 0.1) is 3.57 Å². The number of aromatic carboxylic acids is 1. The fourth-order valence-corrected chi connectivity index (χ4v) is 5.21. The summed E-state index contributed by atoms with van der Waals surface area (Å²) in [4.78, 5) is 41.1. The van der Waals surface area contributed by atoms with E-state index in [1.54, 1.807) is 78.9 Å². The van der Waals surface area contributed by atoms with Crippen LogP contribution in [-0.2, 0) is 16.2 Å². The number of carbonyl (C=O) groups excluding carboxylic acids is 2. The quantitative estimate of drug-likeness (QED) is 0.108. The average molecular weight is 660 g/mol. The van der Waals surface area contributed by atoms with Crippen molar-refractivity contribution < 1.29 is 24.2 Å². The van der Waals surface area contributed by atoms with Crippen molar-refractivity contribution in [2.45, 2.75) is 6.61 Å². The van der Waals surface area contributed by atoms with Crippen LogP contribution in [0.2, 0.25) is 0 Å². The molecule has 1 heterocycles. The summed E-state index contributed by atoms with van der Waals surface area (Å²) in [5, 5.41) is 9.15. The van der Waals surface area contributed by atoms with Crippen molar-refractivity contribution in [3.05, 3.63) is 129 Å². The van der Waals surface area contributed by atoms with Crippen molar-refractivity contribution in [2.24, 2.45) is 0 Å². The number of anilines is 2. The number of halogens is 1. The van der Waals surface area contributed by atoms with Gasteiger partial charge in [-0.05, 0) is 101 Å². The van der Waals surface area contributed by atoms with Crippen LogP contribution in [0.3, 0.4) is 0 Å². The molecule has 0 unspecified atom stereocenters. The molecule has 1 aliphatic rings. The Labute approximate surface area is 249 Å². The minimum Gasteiger partial charge on any atom is -0.488 e. The van der Waals surface area contributed by atoms with E-state index in [1.807, 2.05) is 18.2 Å². The second kappa shape index (κ2) is 11.8. The highest BCUT2D eigenvalue weighted by Gasteiger charge is 2.41. The number of carboxylic acid groups (broad SMARTS) is 1. The Morgan fingerprint density at radius 1 is 0.825 bits per heavy atom. The van der Waals surface area contributed by atoms with Crippen molar-refractivity contribution in [3.63, 3.8) is 0 Å². The van der Waals surface area contributed by atoms with Gasteiger partial charge >= 0.3 is 5.97 Å². The average Bonchev–Trinajstić information content (AvgIpc) is 2.96. The second-order valence-electron chi connectivity index (χ2n) is 8.77. The van der Waals surface area contributed by atoms with E-state index in [-0.39, 0.29) is 22.9 Å². The van der Waals surface area contributed by atoms with Crippen molar-refractivity contribution in [2.75, 3.05) is 9.80 Å². The molecule has 0 spiro atoms. The first-order valence-corrected chi connectivity index (χ1v) is 13.6. The van der Waals surface area contributed by atoms with Gasteiger partial charge in [-0.25, -0.2) is 4.79 Å². The van der Waals surface area contributed by atoms with E-state index in [0.717, 1.165) is 9.13 Å². The van der Waals surface area contributed by atoms with E-state index in [4.69, 9.17) is 22.1 Å². The lowest BCUT2D eigenvalue weighted by Gasteiger charge is -2.36. The number of para-hydroxylation sites is 2. The Morgan fingerprint density at radius 2 is 1.38 bits per heavy atom. The predicted molar refractivity (Wildman–Crippen MR) is 165 cm³/mol. The Kier molecular flexibility index (Phi) is 8.04. The van der Waals surface area contributed by atoms with Crippen LogP contribution in [-0.4, -0.2) is 28.0 Å². The zero-order valence-electron chi connectivity index (χ0n) is 20.9. The summed E-state index contributed by atoms with van der Waals surface area (Å²) in [5.41, 5.74) is 2.78. The van der Waals surface area contributed by atoms with Gasteiger partial charge in [0.1, 0.15) is 17.9 Å². The zero-order valence-corrected chi connectivity index (χ0v) is 23.8. The molecule has 0 aliphatic carbocycles. The zero-order chi connectivity index (χ0) is 28.2. The topological polar surface area (TPSA) is 87.2 Å². The molecule has 4 aromatic carbocycles. The molecule has 7 nitrogen and oxygen atoms in total. The van der Waals surface area contributed by atoms with Gasteiger partial charge in [0.25, 0.3) is 11.8 Å². The van der Waals surface area contributed by atoms with Gasteiger partial charge in [-0.1, -0.05) is 54.6 Å². The minimum atomic E-state index is -0.984. The third-order valence-corrected chi connectivity index (χ3v) is 7.35. The largest absolute Gasteiger partial charge is 0.488 e. The van der Waals surface area contributed by atoms with Crippen LogP contribution in [0.1, 0.15) is 21.5 Å². The van der Waals surface area contributed by atoms with Crippen LogP contribution in [0.5, 0.6) is 5.75 Å². The molecular weight excluding hydrogens is 639 g/mol. The van der Waals surface area contributed by atoms with E-state index < -0.39 is 17.8 Å². The highest BCUT2D eigenvalue weighted by atomic mass is 127. The maximum atomic E-state index is 13.7. The van der Waals surface area contributed by atoms with Gasteiger partial charge in [0, 0.05) is 0 Å². The Morgan fingerprint density at radius 3 is 1.88 bits per heavy atom. The number of rotatable bonds is 7. The molecule has 1 saturated heterocycles. The fraction of sp³-hybridized carbons (Fsp3) is 0.0323. The molecule has 1 aliphatic heterocycles. The van der Waals surface area contributed by atoms with Crippen LogP contribution < -0.4 is 14.5 Å². The number of carbonyl (C=O) groups is 3. The van der Waals surface area contributed by atoms with Crippen LogP contribution >= 0.6 is 34.8 Å². The summed E-state index contributed by atoms with van der Waals surface area (Å²) in [6.45, 7) is 0.253. The fourth-order valence-electron chi connectivity index (χ4n) is 4.13. The summed E-state index contributed by atoms with van der Waals surface area (Å²) < 4.78 is 6.71. The molecular formula is C31H21IN2O5S. The van der Waals surface area contributed by atoms with Gasteiger partial charge in [-0.3, -0.25) is 19.4 Å². The van der Waals surface area contributed by atoms with Gasteiger partial charge in [0.15, 0.2) is 5.11 Å². The number of hydrogen-bond acceptors (Lipinski definition) is 5. The van der Waals surface area contributed by atoms with Gasteiger partial charge in [0.2, 0.25) is 0 Å². The number of amides is 2. The third kappa shape index (κ3) is 5.65. The molecule has 9 heteroatoms. The molecule has 0 aromatic heterocycles. The van der Waals surface area contributed by atoms with E-state index in [9.17, 15) is 14.4 Å². The molecule has 2 amide bonds. The summed E-state index contributed by atoms with van der Waals surface area (Å²) in [5.74, 6) is -1.38. The monoisotopic (exact) mass is 660 g/mol. The number of nitrogens with zero attached hydrogens (tertiary/aromatic N) is 2. The number of benzene rings is 4. The summed E-state index contributed by atoms with van der Waals surface area (Å²) in [6.07, 6.45) is 1.56. The van der Waals surface area contributed by atoms with E-state index >= 15 is 0 Å². The first-order valence-electron chi connectivity index (χ1n) is 12.1. The van der Waals surface area contributed by atoms with E-state index in [1.165, 1.54) is 21.9 Å². The van der Waals surface area contributed by atoms with Crippen molar-refractivity contribution in [3.8, 4) is 5.75 Å². The maximum Gasteiger partial charge on any atom is 0.335 e. The summed E-state index contributed by atoms with van der Waals surface area (Å²) in [6, 6.07) is 29.8. The van der Waals surface area contributed by atoms with Crippen LogP contribution in [0.4, 0.5) is 11.4 Å². The molecule has 0 radical (unpaired) electrons. The highest BCUT2D eigenvalue weighted by molar-refractivity contribution is 14.1. The van der Waals surface area contributed by atoms with Crippen molar-refractivity contribution in [1.29, 1.82) is 0 Å². The molecule has 0 saturated carbocycles. The molecule has 40 heavy (non-hydrogen) atoms. The minimum absolute atomic E-state index is 0.0238. The van der Waals surface area contributed by atoms with Crippen LogP contribution in [0.25, 0.3) is 6.08 Å². The van der Waals surface area contributed by atoms with Gasteiger partial charge in [0.05, 0.1) is 20.5 Å². The van der Waals surface area contributed by atoms with Gasteiger partial charge in [-0.15, -0.1) is 0 Å². The molecule has 1 N–H and O–H groups in total. The molecule has 5 rings (SSSR count). The van der Waals surface area contributed by atoms with Crippen molar-refractivity contribution in [1.82, 2.24) is 0 Å². The third-order valence-electron chi connectivity index (χ3n) is 6.14. The first kappa shape index (κ1) is 27.2. The summed E-state index contributed by atoms with van der Waals surface area (Å²) >= 11 is 7.78. The summed E-state index contributed by atoms with van der Waals surface area (Å²) in [7, 11) is 0.